The maximum absolute atomic E-state index is 12.5. The van der Waals surface area contributed by atoms with Crippen molar-refractivity contribution in [1.29, 1.82) is 0 Å². The number of methoxy groups -OCH3 is 2. The minimum atomic E-state index is -0.602. The fourth-order valence-electron chi connectivity index (χ4n) is 2.64. The first-order valence-electron chi connectivity index (χ1n) is 6.97. The zero-order chi connectivity index (χ0) is 16.0. The molecule has 1 aliphatic rings. The Bertz CT molecular complexity index is 783. The zero-order valence-electron chi connectivity index (χ0n) is 12.9. The molecule has 1 aromatic carbocycles. The number of hydrogen-bond donors (Lipinski definition) is 0. The molecule has 5 heteroatoms. The van der Waals surface area contributed by atoms with E-state index in [2.05, 4.69) is 0 Å². The van der Waals surface area contributed by atoms with Crippen molar-refractivity contribution in [2.75, 3.05) is 14.2 Å². The molecule has 0 N–H and O–H groups in total. The lowest BCUT2D eigenvalue weighted by molar-refractivity contribution is 0.0812. The average Bonchev–Trinajstić information content (AvgIpc) is 2.96. The van der Waals surface area contributed by atoms with Crippen molar-refractivity contribution < 1.29 is 23.5 Å². The summed E-state index contributed by atoms with van der Waals surface area (Å²) in [5, 5.41) is 0. The number of fused-ring (bicyclic) bond motifs is 3. The summed E-state index contributed by atoms with van der Waals surface area (Å²) in [6.45, 7) is 3.92. The third-order valence-electron chi connectivity index (χ3n) is 3.79. The third kappa shape index (κ3) is 1.85. The van der Waals surface area contributed by atoms with Gasteiger partial charge in [0.2, 0.25) is 11.6 Å². The van der Waals surface area contributed by atoms with Crippen molar-refractivity contribution >= 4 is 11.6 Å². The molecule has 3 rings (SSSR count). The van der Waals surface area contributed by atoms with Gasteiger partial charge >= 0.3 is 0 Å². The number of rotatable bonds is 3. The van der Waals surface area contributed by atoms with Crippen LogP contribution in [0.2, 0.25) is 0 Å². The summed E-state index contributed by atoms with van der Waals surface area (Å²) in [6.07, 6.45) is 0. The Morgan fingerprint density at radius 2 is 1.55 bits per heavy atom. The lowest BCUT2D eigenvalue weighted by Gasteiger charge is -2.18. The lowest BCUT2D eigenvalue weighted by Crippen LogP contribution is -2.21. The van der Waals surface area contributed by atoms with Gasteiger partial charge in [0.05, 0.1) is 30.9 Å². The van der Waals surface area contributed by atoms with Gasteiger partial charge in [-0.25, -0.2) is 0 Å². The van der Waals surface area contributed by atoms with E-state index in [-0.39, 0.29) is 17.0 Å². The van der Waals surface area contributed by atoms with Gasteiger partial charge in [0.1, 0.15) is 23.0 Å². The number of carbonyl (C=O) groups excluding carboxylic acids is 2. The number of ketones is 2. The summed E-state index contributed by atoms with van der Waals surface area (Å²) >= 11 is 0. The van der Waals surface area contributed by atoms with Gasteiger partial charge in [-0.3, -0.25) is 9.59 Å². The van der Waals surface area contributed by atoms with Gasteiger partial charge in [0.15, 0.2) is 0 Å². The zero-order valence-corrected chi connectivity index (χ0v) is 12.9. The van der Waals surface area contributed by atoms with Crippen LogP contribution < -0.4 is 9.47 Å². The van der Waals surface area contributed by atoms with Crippen LogP contribution >= 0.6 is 0 Å². The topological polar surface area (TPSA) is 65.7 Å². The second-order valence-electron chi connectivity index (χ2n) is 5.42. The number of carbonyl (C=O) groups is 2. The Hall–Kier alpha value is -2.56. The van der Waals surface area contributed by atoms with Crippen molar-refractivity contribution in [1.82, 2.24) is 0 Å². The van der Waals surface area contributed by atoms with E-state index in [4.69, 9.17) is 13.9 Å². The summed E-state index contributed by atoms with van der Waals surface area (Å²) in [5.41, 5.74) is 0.963. The lowest BCUT2D eigenvalue weighted by atomic mass is 9.87. The molecular formula is C17H16O5. The SMILES string of the molecule is COc1ccc(OC)c2c1C(=O)C(=O)c1cc(C(C)C)oc1-2. The first-order valence-corrected chi connectivity index (χ1v) is 6.97. The molecule has 1 aromatic heterocycles. The number of benzene rings is 1. The molecule has 0 atom stereocenters. The summed E-state index contributed by atoms with van der Waals surface area (Å²) in [6, 6.07) is 4.95. The molecule has 5 nitrogen and oxygen atoms in total. The molecule has 0 unspecified atom stereocenters. The molecule has 114 valence electrons. The minimum absolute atomic E-state index is 0.105. The fraction of sp³-hybridized carbons (Fsp3) is 0.294. The molecule has 0 fully saturated rings. The molecule has 22 heavy (non-hydrogen) atoms. The van der Waals surface area contributed by atoms with Gasteiger partial charge in [-0.15, -0.1) is 0 Å². The van der Waals surface area contributed by atoms with E-state index in [0.717, 1.165) is 0 Å². The first-order chi connectivity index (χ1) is 10.5. The highest BCUT2D eigenvalue weighted by atomic mass is 16.5. The van der Waals surface area contributed by atoms with Gasteiger partial charge in [-0.1, -0.05) is 13.8 Å². The molecule has 0 saturated heterocycles. The van der Waals surface area contributed by atoms with Crippen molar-refractivity contribution in [2.24, 2.45) is 0 Å². The minimum Gasteiger partial charge on any atom is -0.496 e. The second-order valence-corrected chi connectivity index (χ2v) is 5.42. The van der Waals surface area contributed by atoms with Crippen LogP contribution in [0.15, 0.2) is 22.6 Å². The van der Waals surface area contributed by atoms with Gasteiger partial charge in [0.25, 0.3) is 0 Å². The van der Waals surface area contributed by atoms with Crippen LogP contribution in [0.1, 0.15) is 46.2 Å². The van der Waals surface area contributed by atoms with Crippen LogP contribution in [-0.4, -0.2) is 25.8 Å². The van der Waals surface area contributed by atoms with E-state index in [0.29, 0.717) is 28.6 Å². The standard InChI is InChI=1S/C17H16O5/c1-8(2)12-7-9-15(18)16(19)13-10(20-3)5-6-11(21-4)14(13)17(9)22-12/h5-8H,1-4H3. The summed E-state index contributed by atoms with van der Waals surface area (Å²) in [7, 11) is 2.96. The molecule has 0 saturated carbocycles. The number of Topliss-reactive ketones (excluding diaryl/α,β-unsaturated/α-hetero) is 2. The Labute approximate surface area is 127 Å². The van der Waals surface area contributed by atoms with E-state index < -0.39 is 11.6 Å². The quantitative estimate of drug-likeness (QED) is 0.812. The molecule has 2 aromatic rings. The van der Waals surface area contributed by atoms with Crippen molar-refractivity contribution in [2.45, 2.75) is 19.8 Å². The number of ether oxygens (including phenoxy) is 2. The van der Waals surface area contributed by atoms with Crippen molar-refractivity contribution in [3.8, 4) is 22.8 Å². The van der Waals surface area contributed by atoms with Crippen LogP contribution in [-0.2, 0) is 0 Å². The molecule has 0 amide bonds. The normalized spacial score (nSPS) is 13.1. The van der Waals surface area contributed by atoms with E-state index in [9.17, 15) is 9.59 Å². The highest BCUT2D eigenvalue weighted by Gasteiger charge is 2.38. The van der Waals surface area contributed by atoms with E-state index in [1.54, 1.807) is 18.2 Å². The monoisotopic (exact) mass is 300 g/mol. The molecule has 1 aliphatic carbocycles. The second kappa shape index (κ2) is 5.02. The van der Waals surface area contributed by atoms with Crippen molar-refractivity contribution in [3.63, 3.8) is 0 Å². The van der Waals surface area contributed by atoms with Crippen LogP contribution in [0.3, 0.4) is 0 Å². The average molecular weight is 300 g/mol. The van der Waals surface area contributed by atoms with E-state index >= 15 is 0 Å². The Kier molecular flexibility index (Phi) is 3.28. The Morgan fingerprint density at radius 3 is 2.09 bits per heavy atom. The number of hydrogen-bond acceptors (Lipinski definition) is 5. The highest BCUT2D eigenvalue weighted by molar-refractivity contribution is 6.53. The van der Waals surface area contributed by atoms with E-state index in [1.165, 1.54) is 14.2 Å². The van der Waals surface area contributed by atoms with Crippen LogP contribution in [0, 0.1) is 0 Å². The molecule has 0 aliphatic heterocycles. The largest absolute Gasteiger partial charge is 0.496 e. The summed E-state index contributed by atoms with van der Waals surface area (Å²) in [4.78, 5) is 24.9. The van der Waals surface area contributed by atoms with Gasteiger partial charge in [-0.05, 0) is 18.2 Å². The predicted octanol–water partition coefficient (Wildman–Crippen LogP) is 3.47. The van der Waals surface area contributed by atoms with Gasteiger partial charge < -0.3 is 13.9 Å². The van der Waals surface area contributed by atoms with Crippen molar-refractivity contribution in [3.05, 3.63) is 35.1 Å². The summed E-state index contributed by atoms with van der Waals surface area (Å²) in [5.74, 6) is 0.764. The molecular weight excluding hydrogens is 284 g/mol. The maximum Gasteiger partial charge on any atom is 0.238 e. The molecule has 0 radical (unpaired) electrons. The number of furan rings is 1. The summed E-state index contributed by atoms with van der Waals surface area (Å²) < 4.78 is 16.4. The molecule has 0 spiro atoms. The van der Waals surface area contributed by atoms with Crippen LogP contribution in [0.4, 0.5) is 0 Å². The molecule has 1 heterocycles. The third-order valence-corrected chi connectivity index (χ3v) is 3.79. The fourth-order valence-corrected chi connectivity index (χ4v) is 2.64. The van der Waals surface area contributed by atoms with E-state index in [1.807, 2.05) is 13.8 Å². The highest BCUT2D eigenvalue weighted by Crippen LogP contribution is 2.45. The maximum atomic E-state index is 12.5. The van der Waals surface area contributed by atoms with Gasteiger partial charge in [-0.2, -0.15) is 0 Å². The van der Waals surface area contributed by atoms with Crippen LogP contribution in [0.25, 0.3) is 11.3 Å². The Morgan fingerprint density at radius 1 is 0.955 bits per heavy atom. The van der Waals surface area contributed by atoms with Gasteiger partial charge in [0, 0.05) is 5.92 Å². The Balaban J connectivity index is 2.39. The molecule has 0 bridgehead atoms. The predicted molar refractivity (Wildman–Crippen MR) is 80.0 cm³/mol. The first kappa shape index (κ1) is 14.4. The van der Waals surface area contributed by atoms with Crippen LogP contribution in [0.5, 0.6) is 11.5 Å². The smallest absolute Gasteiger partial charge is 0.238 e.